The molecule has 0 amide bonds. The summed E-state index contributed by atoms with van der Waals surface area (Å²) in [6, 6.07) is 0. The van der Waals surface area contributed by atoms with Crippen LogP contribution in [0.4, 0.5) is 0 Å². The minimum absolute atomic E-state index is 0.0298. The lowest BCUT2D eigenvalue weighted by molar-refractivity contribution is 0.497. The van der Waals surface area contributed by atoms with Gasteiger partial charge in [-0.05, 0) is 19.8 Å². The number of hydrogen-bond acceptors (Lipinski definition) is 3. The summed E-state index contributed by atoms with van der Waals surface area (Å²) in [5.74, 6) is -0.0331. The van der Waals surface area contributed by atoms with E-state index in [4.69, 9.17) is 11.1 Å². The molecular weight excluding hydrogens is 202 g/mol. The van der Waals surface area contributed by atoms with E-state index in [1.165, 1.54) is 0 Å². The van der Waals surface area contributed by atoms with Crippen molar-refractivity contribution in [3.05, 3.63) is 0 Å². The number of hydrogen-bond donors (Lipinski definition) is 3. The van der Waals surface area contributed by atoms with Crippen LogP contribution >= 0.6 is 0 Å². The molecule has 1 rings (SSSR count). The summed E-state index contributed by atoms with van der Waals surface area (Å²) in [5, 5.41) is 7.45. The molecule has 1 aliphatic rings. The Hall–Kier alpha value is -0.620. The second kappa shape index (κ2) is 3.86. The molecule has 0 aromatic carbocycles. The number of amidine groups is 1. The Morgan fingerprint density at radius 2 is 2.00 bits per heavy atom. The maximum Gasteiger partial charge on any atom is 0.212 e. The Morgan fingerprint density at radius 3 is 2.36 bits per heavy atom. The van der Waals surface area contributed by atoms with E-state index >= 15 is 0 Å². The largest absolute Gasteiger partial charge is 0.386 e. The van der Waals surface area contributed by atoms with Crippen molar-refractivity contribution in [1.29, 1.82) is 5.41 Å². The van der Waals surface area contributed by atoms with Gasteiger partial charge < -0.3 is 5.73 Å². The number of rotatable bonds is 4. The van der Waals surface area contributed by atoms with Crippen molar-refractivity contribution in [2.75, 3.05) is 5.75 Å². The Kier molecular flexibility index (Phi) is 3.16. The topological polar surface area (TPSA) is 96.0 Å². The van der Waals surface area contributed by atoms with Gasteiger partial charge in [-0.15, -0.1) is 0 Å². The third kappa shape index (κ3) is 2.24. The fourth-order valence-electron chi connectivity index (χ4n) is 1.77. The lowest BCUT2D eigenvalue weighted by Gasteiger charge is -2.28. The second-order valence-electron chi connectivity index (χ2n) is 3.71. The average Bonchev–Trinajstić information content (AvgIpc) is 2.53. The summed E-state index contributed by atoms with van der Waals surface area (Å²) >= 11 is 0. The van der Waals surface area contributed by atoms with Crippen LogP contribution < -0.4 is 10.5 Å². The molecule has 0 aliphatic heterocycles. The van der Waals surface area contributed by atoms with Crippen molar-refractivity contribution >= 4 is 15.9 Å². The summed E-state index contributed by atoms with van der Waals surface area (Å²) in [4.78, 5) is 0. The van der Waals surface area contributed by atoms with Crippen LogP contribution in [0.3, 0.4) is 0 Å². The van der Waals surface area contributed by atoms with Crippen LogP contribution in [0.5, 0.6) is 0 Å². The van der Waals surface area contributed by atoms with Gasteiger partial charge in [0.25, 0.3) is 0 Å². The standard InChI is InChI=1S/C8H17N3O2S/c1-2-14(12,13)11-8(7(9)10)5-3-4-6-8/h11H,2-6H2,1H3,(H3,9,10). The summed E-state index contributed by atoms with van der Waals surface area (Å²) in [6.45, 7) is 1.57. The van der Waals surface area contributed by atoms with Crippen LogP contribution in [0.2, 0.25) is 0 Å². The Labute approximate surface area is 84.6 Å². The van der Waals surface area contributed by atoms with Crippen molar-refractivity contribution in [3.63, 3.8) is 0 Å². The fourth-order valence-corrected chi connectivity index (χ4v) is 2.83. The van der Waals surface area contributed by atoms with Gasteiger partial charge in [-0.1, -0.05) is 12.8 Å². The van der Waals surface area contributed by atoms with Crippen molar-refractivity contribution in [1.82, 2.24) is 4.72 Å². The second-order valence-corrected chi connectivity index (χ2v) is 5.72. The zero-order valence-corrected chi connectivity index (χ0v) is 9.15. The highest BCUT2D eigenvalue weighted by Gasteiger charge is 2.39. The summed E-state index contributed by atoms with van der Waals surface area (Å²) in [7, 11) is -3.28. The van der Waals surface area contributed by atoms with E-state index in [2.05, 4.69) is 4.72 Å². The predicted molar refractivity (Wildman–Crippen MR) is 55.7 cm³/mol. The van der Waals surface area contributed by atoms with Crippen molar-refractivity contribution in [2.24, 2.45) is 5.73 Å². The molecule has 82 valence electrons. The van der Waals surface area contributed by atoms with Crippen LogP contribution in [-0.2, 0) is 10.0 Å². The number of nitrogens with one attached hydrogen (secondary N) is 2. The van der Waals surface area contributed by atoms with Gasteiger partial charge in [0.2, 0.25) is 10.0 Å². The lowest BCUT2D eigenvalue weighted by atomic mass is 9.98. The Bertz CT molecular complexity index is 317. The van der Waals surface area contributed by atoms with E-state index in [0.717, 1.165) is 12.8 Å². The van der Waals surface area contributed by atoms with E-state index in [1.54, 1.807) is 6.92 Å². The summed E-state index contributed by atoms with van der Waals surface area (Å²) < 4.78 is 25.3. The van der Waals surface area contributed by atoms with Gasteiger partial charge in [-0.25, -0.2) is 13.1 Å². The average molecular weight is 219 g/mol. The molecule has 0 aromatic rings. The summed E-state index contributed by atoms with van der Waals surface area (Å²) in [6.07, 6.45) is 3.13. The first-order valence-electron chi connectivity index (χ1n) is 4.78. The molecule has 1 aliphatic carbocycles. The number of nitrogens with two attached hydrogens (primary N) is 1. The highest BCUT2D eigenvalue weighted by molar-refractivity contribution is 7.89. The molecule has 0 spiro atoms. The van der Waals surface area contributed by atoms with Gasteiger partial charge in [0.15, 0.2) is 0 Å². The quantitative estimate of drug-likeness (QED) is 0.464. The molecule has 0 unspecified atom stereocenters. The van der Waals surface area contributed by atoms with Gasteiger partial charge in [0.1, 0.15) is 5.84 Å². The van der Waals surface area contributed by atoms with Crippen LogP contribution in [0, 0.1) is 5.41 Å². The van der Waals surface area contributed by atoms with Crippen molar-refractivity contribution < 1.29 is 8.42 Å². The zero-order chi connectivity index (χ0) is 10.8. The SMILES string of the molecule is CCS(=O)(=O)NC1(C(=N)N)CCCC1. The minimum atomic E-state index is -3.28. The first-order chi connectivity index (χ1) is 6.42. The van der Waals surface area contributed by atoms with Gasteiger partial charge in [-0.2, -0.15) is 0 Å². The minimum Gasteiger partial charge on any atom is -0.386 e. The molecule has 0 heterocycles. The lowest BCUT2D eigenvalue weighted by Crippen LogP contribution is -2.55. The van der Waals surface area contributed by atoms with E-state index in [-0.39, 0.29) is 11.6 Å². The van der Waals surface area contributed by atoms with Gasteiger partial charge >= 0.3 is 0 Å². The highest BCUT2D eigenvalue weighted by atomic mass is 32.2. The zero-order valence-electron chi connectivity index (χ0n) is 8.34. The smallest absolute Gasteiger partial charge is 0.212 e. The third-order valence-corrected chi connectivity index (χ3v) is 4.17. The van der Waals surface area contributed by atoms with Gasteiger partial charge in [0, 0.05) is 0 Å². The fraction of sp³-hybridized carbons (Fsp3) is 0.875. The van der Waals surface area contributed by atoms with E-state index in [1.807, 2.05) is 0 Å². The maximum atomic E-state index is 11.4. The molecular formula is C8H17N3O2S. The molecule has 0 atom stereocenters. The van der Waals surface area contributed by atoms with Gasteiger partial charge in [0.05, 0.1) is 11.3 Å². The van der Waals surface area contributed by atoms with E-state index in [9.17, 15) is 8.42 Å². The van der Waals surface area contributed by atoms with Gasteiger partial charge in [-0.3, -0.25) is 5.41 Å². The molecule has 4 N–H and O–H groups in total. The monoisotopic (exact) mass is 219 g/mol. The third-order valence-electron chi connectivity index (χ3n) is 2.70. The Morgan fingerprint density at radius 1 is 1.50 bits per heavy atom. The van der Waals surface area contributed by atoms with E-state index < -0.39 is 15.6 Å². The first kappa shape index (κ1) is 11.5. The molecule has 14 heavy (non-hydrogen) atoms. The summed E-state index contributed by atoms with van der Waals surface area (Å²) in [5.41, 5.74) is 4.65. The van der Waals surface area contributed by atoms with Crippen LogP contribution in [0.1, 0.15) is 32.6 Å². The van der Waals surface area contributed by atoms with Crippen molar-refractivity contribution in [3.8, 4) is 0 Å². The highest BCUT2D eigenvalue weighted by Crippen LogP contribution is 2.30. The molecule has 0 bridgehead atoms. The van der Waals surface area contributed by atoms with Crippen molar-refractivity contribution in [2.45, 2.75) is 38.1 Å². The molecule has 1 fully saturated rings. The Balaban J connectivity index is 2.86. The molecule has 6 heteroatoms. The molecule has 5 nitrogen and oxygen atoms in total. The maximum absolute atomic E-state index is 11.4. The van der Waals surface area contributed by atoms with Crippen LogP contribution in [-0.4, -0.2) is 25.5 Å². The number of sulfonamides is 1. The predicted octanol–water partition coefficient (Wildman–Crippen LogP) is 0.174. The molecule has 0 aromatic heterocycles. The van der Waals surface area contributed by atoms with Crippen LogP contribution in [0.15, 0.2) is 0 Å². The van der Waals surface area contributed by atoms with Crippen LogP contribution in [0.25, 0.3) is 0 Å². The van der Waals surface area contributed by atoms with E-state index in [0.29, 0.717) is 12.8 Å². The molecule has 0 saturated heterocycles. The molecule has 1 saturated carbocycles. The molecule has 0 radical (unpaired) electrons. The normalized spacial score (nSPS) is 20.9. The first-order valence-corrected chi connectivity index (χ1v) is 6.43.